The van der Waals surface area contributed by atoms with Gasteiger partial charge < -0.3 is 4.74 Å². The van der Waals surface area contributed by atoms with Gasteiger partial charge in [-0.3, -0.25) is 0 Å². The molecular formula is C20H18ClN3OS. The molecule has 0 amide bonds. The lowest BCUT2D eigenvalue weighted by Crippen LogP contribution is -2.18. The summed E-state index contributed by atoms with van der Waals surface area (Å²) in [6.07, 6.45) is 0.891. The molecule has 0 fully saturated rings. The van der Waals surface area contributed by atoms with Crippen LogP contribution in [0.5, 0.6) is 5.75 Å². The van der Waals surface area contributed by atoms with E-state index in [-0.39, 0.29) is 6.04 Å². The van der Waals surface area contributed by atoms with Crippen molar-refractivity contribution < 1.29 is 4.74 Å². The molecule has 1 aromatic heterocycles. The van der Waals surface area contributed by atoms with E-state index >= 15 is 0 Å². The summed E-state index contributed by atoms with van der Waals surface area (Å²) >= 11 is 7.58. The summed E-state index contributed by atoms with van der Waals surface area (Å²) in [6, 6.07) is 16.1. The van der Waals surface area contributed by atoms with Crippen LogP contribution in [0.4, 0.5) is 5.13 Å². The Bertz CT molecular complexity index is 934. The Kier molecular flexibility index (Phi) is 4.66. The van der Waals surface area contributed by atoms with E-state index in [0.29, 0.717) is 0 Å². The molecule has 1 atom stereocenters. The van der Waals surface area contributed by atoms with Gasteiger partial charge in [0, 0.05) is 28.1 Å². The maximum atomic E-state index is 5.98. The van der Waals surface area contributed by atoms with Crippen molar-refractivity contribution in [1.82, 2.24) is 4.98 Å². The lowest BCUT2D eigenvalue weighted by molar-refractivity contribution is 0.414. The van der Waals surface area contributed by atoms with E-state index in [4.69, 9.17) is 26.4 Å². The van der Waals surface area contributed by atoms with Gasteiger partial charge in [-0.2, -0.15) is 5.10 Å². The first-order chi connectivity index (χ1) is 12.6. The molecule has 132 valence electrons. The Morgan fingerprint density at radius 1 is 1.12 bits per heavy atom. The fourth-order valence-electron chi connectivity index (χ4n) is 3.04. The number of hydrogen-bond donors (Lipinski definition) is 0. The van der Waals surface area contributed by atoms with Crippen LogP contribution in [-0.4, -0.2) is 17.8 Å². The number of benzene rings is 2. The molecule has 4 nitrogen and oxygen atoms in total. The Balaban J connectivity index is 1.63. The lowest BCUT2D eigenvalue weighted by Gasteiger charge is -2.21. The fraction of sp³-hybridized carbons (Fsp3) is 0.200. The number of halogens is 1. The first-order valence-electron chi connectivity index (χ1n) is 8.33. The van der Waals surface area contributed by atoms with E-state index in [2.05, 4.69) is 24.4 Å². The van der Waals surface area contributed by atoms with Crippen LogP contribution in [0.1, 0.15) is 24.9 Å². The largest absolute Gasteiger partial charge is 0.497 e. The Morgan fingerprint density at radius 3 is 2.54 bits per heavy atom. The van der Waals surface area contributed by atoms with Gasteiger partial charge >= 0.3 is 0 Å². The fourth-order valence-corrected chi connectivity index (χ4v) is 4.00. The second-order valence-corrected chi connectivity index (χ2v) is 7.47. The predicted molar refractivity (Wildman–Crippen MR) is 109 cm³/mol. The molecule has 1 aliphatic heterocycles. The number of nitrogens with zero attached hydrogens (tertiary/aromatic N) is 3. The Morgan fingerprint density at radius 2 is 1.85 bits per heavy atom. The van der Waals surface area contributed by atoms with Gasteiger partial charge in [0.1, 0.15) is 5.75 Å². The quantitative estimate of drug-likeness (QED) is 0.571. The van der Waals surface area contributed by atoms with Crippen molar-refractivity contribution in [2.24, 2.45) is 5.10 Å². The van der Waals surface area contributed by atoms with Crippen molar-refractivity contribution in [2.75, 3.05) is 12.1 Å². The molecule has 1 aliphatic rings. The van der Waals surface area contributed by atoms with Gasteiger partial charge in [0.15, 0.2) is 0 Å². The first-order valence-corrected chi connectivity index (χ1v) is 9.58. The third-order valence-corrected chi connectivity index (χ3v) is 5.47. The van der Waals surface area contributed by atoms with Gasteiger partial charge in [-0.05, 0) is 36.8 Å². The van der Waals surface area contributed by atoms with Gasteiger partial charge in [0.05, 0.1) is 18.8 Å². The zero-order valence-electron chi connectivity index (χ0n) is 14.5. The van der Waals surface area contributed by atoms with E-state index in [1.165, 1.54) is 5.56 Å². The third-order valence-electron chi connectivity index (χ3n) is 4.39. The van der Waals surface area contributed by atoms with Gasteiger partial charge in [-0.25, -0.2) is 9.99 Å². The van der Waals surface area contributed by atoms with Gasteiger partial charge in [-0.1, -0.05) is 35.9 Å². The number of aromatic nitrogens is 1. The average Bonchev–Trinajstić information content (AvgIpc) is 3.29. The zero-order valence-corrected chi connectivity index (χ0v) is 16.1. The van der Waals surface area contributed by atoms with Crippen LogP contribution < -0.4 is 9.75 Å². The molecule has 2 heterocycles. The molecule has 0 saturated heterocycles. The minimum absolute atomic E-state index is 0.158. The molecule has 3 aromatic rings. The van der Waals surface area contributed by atoms with Crippen LogP contribution in [0.25, 0.3) is 11.3 Å². The van der Waals surface area contributed by atoms with Gasteiger partial charge in [-0.15, -0.1) is 11.3 Å². The van der Waals surface area contributed by atoms with Gasteiger partial charge in [0.25, 0.3) is 0 Å². The summed E-state index contributed by atoms with van der Waals surface area (Å²) in [6.45, 7) is 2.06. The van der Waals surface area contributed by atoms with E-state index in [0.717, 1.165) is 39.3 Å². The molecule has 4 rings (SSSR count). The van der Waals surface area contributed by atoms with Crippen molar-refractivity contribution in [1.29, 1.82) is 0 Å². The van der Waals surface area contributed by atoms with Crippen molar-refractivity contribution >= 4 is 33.8 Å². The summed E-state index contributed by atoms with van der Waals surface area (Å²) in [5.41, 5.74) is 4.30. The standard InChI is InChI=1S/C20H18ClN3OS/c1-13-11-19(15-5-9-17(25-2)10-6-15)24(23-13)20-22-18(12-26-20)14-3-7-16(21)8-4-14/h3-10,12,19H,11H2,1-2H3. The number of hydrogen-bond acceptors (Lipinski definition) is 5. The van der Waals surface area contributed by atoms with Crippen LogP contribution >= 0.6 is 22.9 Å². The first kappa shape index (κ1) is 17.1. The van der Waals surface area contributed by atoms with Gasteiger partial charge in [0.2, 0.25) is 5.13 Å². The number of anilines is 1. The summed E-state index contributed by atoms with van der Waals surface area (Å²) in [5.74, 6) is 0.857. The average molecular weight is 384 g/mol. The normalized spacial score (nSPS) is 16.7. The molecule has 0 aliphatic carbocycles. The minimum atomic E-state index is 0.158. The molecule has 0 saturated carbocycles. The summed E-state index contributed by atoms with van der Waals surface area (Å²) in [7, 11) is 1.68. The zero-order chi connectivity index (χ0) is 18.1. The van der Waals surface area contributed by atoms with Crippen LogP contribution in [0.15, 0.2) is 59.0 Å². The SMILES string of the molecule is COc1ccc(C2CC(C)=NN2c2nc(-c3ccc(Cl)cc3)cs2)cc1. The molecule has 0 spiro atoms. The topological polar surface area (TPSA) is 37.7 Å². The lowest BCUT2D eigenvalue weighted by atomic mass is 10.0. The highest BCUT2D eigenvalue weighted by Crippen LogP contribution is 2.38. The smallest absolute Gasteiger partial charge is 0.207 e. The van der Waals surface area contributed by atoms with Crippen LogP contribution in [0.2, 0.25) is 5.02 Å². The highest BCUT2D eigenvalue weighted by atomic mass is 35.5. The highest BCUT2D eigenvalue weighted by molar-refractivity contribution is 7.14. The predicted octanol–water partition coefficient (Wildman–Crippen LogP) is 5.80. The van der Waals surface area contributed by atoms with Crippen LogP contribution in [0.3, 0.4) is 0 Å². The van der Waals surface area contributed by atoms with Crippen molar-refractivity contribution in [3.63, 3.8) is 0 Å². The Hall–Kier alpha value is -2.37. The monoisotopic (exact) mass is 383 g/mol. The molecule has 0 bridgehead atoms. The van der Waals surface area contributed by atoms with Crippen molar-refractivity contribution in [3.05, 3.63) is 64.5 Å². The van der Waals surface area contributed by atoms with E-state index < -0.39 is 0 Å². The molecule has 26 heavy (non-hydrogen) atoms. The minimum Gasteiger partial charge on any atom is -0.497 e. The molecule has 0 radical (unpaired) electrons. The Labute approximate surface area is 161 Å². The van der Waals surface area contributed by atoms with E-state index in [1.807, 2.05) is 41.4 Å². The second-order valence-electron chi connectivity index (χ2n) is 6.20. The maximum absolute atomic E-state index is 5.98. The number of hydrazone groups is 1. The highest BCUT2D eigenvalue weighted by Gasteiger charge is 2.29. The number of rotatable bonds is 4. The third kappa shape index (κ3) is 3.32. The van der Waals surface area contributed by atoms with E-state index in [1.54, 1.807) is 18.4 Å². The second kappa shape index (κ2) is 7.09. The molecule has 0 N–H and O–H groups in total. The molecular weight excluding hydrogens is 366 g/mol. The van der Waals surface area contributed by atoms with Crippen LogP contribution in [-0.2, 0) is 0 Å². The summed E-state index contributed by atoms with van der Waals surface area (Å²) < 4.78 is 5.26. The number of methoxy groups -OCH3 is 1. The number of ether oxygens (including phenoxy) is 1. The summed E-state index contributed by atoms with van der Waals surface area (Å²) in [5, 5.41) is 10.4. The van der Waals surface area contributed by atoms with Crippen molar-refractivity contribution in [2.45, 2.75) is 19.4 Å². The van der Waals surface area contributed by atoms with E-state index in [9.17, 15) is 0 Å². The molecule has 6 heteroatoms. The number of thiazole rings is 1. The summed E-state index contributed by atoms with van der Waals surface area (Å²) in [4.78, 5) is 4.81. The molecule has 1 unspecified atom stereocenters. The molecule has 2 aromatic carbocycles. The van der Waals surface area contributed by atoms with Crippen molar-refractivity contribution in [3.8, 4) is 17.0 Å². The van der Waals surface area contributed by atoms with Crippen LogP contribution in [0, 0.1) is 0 Å². The maximum Gasteiger partial charge on any atom is 0.207 e.